The summed E-state index contributed by atoms with van der Waals surface area (Å²) < 4.78 is 4.66. The third-order valence-electron chi connectivity index (χ3n) is 3.38. The standard InChI is InChI=1S/C12H19N3O5/c1-4-12(5-2)10(18)15(11(19)14-12)6-9(17)20-7-8(16)13-3/h4-7H2,1-3H3,(H,13,16)(H,14,19). The number of likely N-dealkylation sites (N-methyl/N-ethyl adjacent to an activating group) is 1. The predicted octanol–water partition coefficient (Wildman–Crippen LogP) is -0.614. The highest BCUT2D eigenvalue weighted by Crippen LogP contribution is 2.24. The lowest BCUT2D eigenvalue weighted by molar-refractivity contribution is -0.151. The molecule has 1 aliphatic rings. The molecule has 112 valence electrons. The first-order valence-electron chi connectivity index (χ1n) is 6.40. The monoisotopic (exact) mass is 285 g/mol. The Morgan fingerprint density at radius 2 is 1.90 bits per heavy atom. The van der Waals surface area contributed by atoms with Gasteiger partial charge in [-0.2, -0.15) is 0 Å². The number of rotatable bonds is 6. The van der Waals surface area contributed by atoms with Gasteiger partial charge in [0.25, 0.3) is 11.8 Å². The van der Waals surface area contributed by atoms with Crippen molar-refractivity contribution >= 4 is 23.8 Å². The van der Waals surface area contributed by atoms with Crippen molar-refractivity contribution in [2.45, 2.75) is 32.2 Å². The summed E-state index contributed by atoms with van der Waals surface area (Å²) in [5, 5.41) is 4.89. The summed E-state index contributed by atoms with van der Waals surface area (Å²) in [5.41, 5.74) is -0.946. The number of carbonyl (C=O) groups is 4. The largest absolute Gasteiger partial charge is 0.454 e. The average Bonchev–Trinajstić information content (AvgIpc) is 2.69. The highest BCUT2D eigenvalue weighted by atomic mass is 16.5. The van der Waals surface area contributed by atoms with Crippen LogP contribution in [0, 0.1) is 0 Å². The van der Waals surface area contributed by atoms with E-state index in [0.717, 1.165) is 4.90 Å². The maximum absolute atomic E-state index is 12.2. The van der Waals surface area contributed by atoms with E-state index in [2.05, 4.69) is 15.4 Å². The first kappa shape index (κ1) is 15.9. The number of hydrogen-bond donors (Lipinski definition) is 2. The highest BCUT2D eigenvalue weighted by Gasteiger charge is 2.49. The summed E-state index contributed by atoms with van der Waals surface area (Å²) >= 11 is 0. The first-order chi connectivity index (χ1) is 9.40. The van der Waals surface area contributed by atoms with Crippen LogP contribution in [-0.2, 0) is 19.1 Å². The number of amides is 4. The van der Waals surface area contributed by atoms with E-state index >= 15 is 0 Å². The van der Waals surface area contributed by atoms with Gasteiger partial charge in [0.1, 0.15) is 12.1 Å². The molecule has 1 aliphatic heterocycles. The molecule has 8 nitrogen and oxygen atoms in total. The van der Waals surface area contributed by atoms with Crippen LogP contribution in [0.25, 0.3) is 0 Å². The molecule has 2 N–H and O–H groups in total. The lowest BCUT2D eigenvalue weighted by atomic mass is 9.93. The fourth-order valence-corrected chi connectivity index (χ4v) is 1.94. The van der Waals surface area contributed by atoms with Crippen LogP contribution in [0.1, 0.15) is 26.7 Å². The van der Waals surface area contributed by atoms with Crippen molar-refractivity contribution in [1.29, 1.82) is 0 Å². The predicted molar refractivity (Wildman–Crippen MR) is 68.6 cm³/mol. The van der Waals surface area contributed by atoms with Crippen molar-refractivity contribution in [3.8, 4) is 0 Å². The molecule has 0 aliphatic carbocycles. The zero-order valence-electron chi connectivity index (χ0n) is 11.8. The second-order valence-corrected chi connectivity index (χ2v) is 4.44. The molecule has 1 heterocycles. The number of nitrogens with zero attached hydrogens (tertiary/aromatic N) is 1. The summed E-state index contributed by atoms with van der Waals surface area (Å²) in [6, 6.07) is -0.615. The molecule has 0 saturated carbocycles. The fraction of sp³-hybridized carbons (Fsp3) is 0.667. The molecule has 1 rings (SSSR count). The van der Waals surface area contributed by atoms with Gasteiger partial charge >= 0.3 is 12.0 Å². The van der Waals surface area contributed by atoms with E-state index in [1.54, 1.807) is 13.8 Å². The van der Waals surface area contributed by atoms with Gasteiger partial charge in [-0.3, -0.25) is 19.3 Å². The third-order valence-corrected chi connectivity index (χ3v) is 3.38. The van der Waals surface area contributed by atoms with Crippen LogP contribution in [-0.4, -0.2) is 54.5 Å². The van der Waals surface area contributed by atoms with Gasteiger partial charge < -0.3 is 15.4 Å². The molecule has 20 heavy (non-hydrogen) atoms. The van der Waals surface area contributed by atoms with Crippen molar-refractivity contribution < 1.29 is 23.9 Å². The Bertz CT molecular complexity index is 431. The average molecular weight is 285 g/mol. The van der Waals surface area contributed by atoms with E-state index in [1.807, 2.05) is 0 Å². The van der Waals surface area contributed by atoms with E-state index in [4.69, 9.17) is 0 Å². The number of carbonyl (C=O) groups excluding carboxylic acids is 4. The van der Waals surface area contributed by atoms with Gasteiger partial charge in [-0.25, -0.2) is 4.79 Å². The molecule has 0 aromatic heterocycles. The Balaban J connectivity index is 2.64. The van der Waals surface area contributed by atoms with Crippen LogP contribution in [0.2, 0.25) is 0 Å². The molecule has 1 saturated heterocycles. The zero-order chi connectivity index (χ0) is 15.3. The molecule has 0 aromatic rings. The fourth-order valence-electron chi connectivity index (χ4n) is 1.94. The van der Waals surface area contributed by atoms with Crippen LogP contribution in [0.5, 0.6) is 0 Å². The second kappa shape index (κ2) is 6.36. The molecule has 8 heteroatoms. The normalized spacial score (nSPS) is 16.9. The van der Waals surface area contributed by atoms with Crippen LogP contribution >= 0.6 is 0 Å². The number of esters is 1. The van der Waals surface area contributed by atoms with Gasteiger partial charge in [0.2, 0.25) is 0 Å². The van der Waals surface area contributed by atoms with E-state index in [1.165, 1.54) is 7.05 Å². The Morgan fingerprint density at radius 3 is 2.35 bits per heavy atom. The van der Waals surface area contributed by atoms with Gasteiger partial charge in [0, 0.05) is 7.05 Å². The summed E-state index contributed by atoms with van der Waals surface area (Å²) in [5.74, 6) is -1.71. The minimum atomic E-state index is -0.946. The lowest BCUT2D eigenvalue weighted by Gasteiger charge is -2.22. The van der Waals surface area contributed by atoms with Crippen molar-refractivity contribution in [3.63, 3.8) is 0 Å². The maximum atomic E-state index is 12.2. The van der Waals surface area contributed by atoms with Crippen molar-refractivity contribution in [1.82, 2.24) is 15.5 Å². The highest BCUT2D eigenvalue weighted by molar-refractivity contribution is 6.08. The van der Waals surface area contributed by atoms with Gasteiger partial charge in [-0.1, -0.05) is 13.8 Å². The van der Waals surface area contributed by atoms with Crippen molar-refractivity contribution in [3.05, 3.63) is 0 Å². The Labute approximate surface area is 116 Å². The van der Waals surface area contributed by atoms with Crippen LogP contribution in [0.3, 0.4) is 0 Å². The van der Waals surface area contributed by atoms with E-state index in [0.29, 0.717) is 12.8 Å². The molecule has 0 unspecified atom stereocenters. The zero-order valence-corrected chi connectivity index (χ0v) is 11.8. The molecule has 0 radical (unpaired) electrons. The number of nitrogens with one attached hydrogen (secondary N) is 2. The van der Waals surface area contributed by atoms with E-state index < -0.39 is 42.5 Å². The smallest absolute Gasteiger partial charge is 0.326 e. The number of imide groups is 1. The van der Waals surface area contributed by atoms with Crippen molar-refractivity contribution in [2.24, 2.45) is 0 Å². The van der Waals surface area contributed by atoms with E-state index in [-0.39, 0.29) is 0 Å². The number of hydrogen-bond acceptors (Lipinski definition) is 5. The van der Waals surface area contributed by atoms with Crippen molar-refractivity contribution in [2.75, 3.05) is 20.2 Å². The van der Waals surface area contributed by atoms with Gasteiger partial charge in [0.15, 0.2) is 6.61 Å². The quantitative estimate of drug-likeness (QED) is 0.500. The number of urea groups is 1. The minimum Gasteiger partial charge on any atom is -0.454 e. The van der Waals surface area contributed by atoms with Gasteiger partial charge in [-0.15, -0.1) is 0 Å². The third kappa shape index (κ3) is 3.06. The molecule has 0 atom stereocenters. The second-order valence-electron chi connectivity index (χ2n) is 4.44. The number of ether oxygens (including phenoxy) is 1. The van der Waals surface area contributed by atoms with Crippen LogP contribution in [0.15, 0.2) is 0 Å². The summed E-state index contributed by atoms with van der Waals surface area (Å²) in [6.07, 6.45) is 0.885. The molecule has 0 bridgehead atoms. The summed E-state index contributed by atoms with van der Waals surface area (Å²) in [7, 11) is 1.41. The van der Waals surface area contributed by atoms with Gasteiger partial charge in [-0.05, 0) is 12.8 Å². The lowest BCUT2D eigenvalue weighted by Crippen LogP contribution is -2.46. The Morgan fingerprint density at radius 1 is 1.30 bits per heavy atom. The molecule has 0 aromatic carbocycles. The SMILES string of the molecule is CCC1(CC)NC(=O)N(CC(=O)OCC(=O)NC)C1=O. The Kier molecular flexibility index (Phi) is 5.06. The van der Waals surface area contributed by atoms with Crippen LogP contribution in [0.4, 0.5) is 4.79 Å². The first-order valence-corrected chi connectivity index (χ1v) is 6.40. The molecule has 4 amide bonds. The Hall–Kier alpha value is -2.12. The molecular formula is C12H19N3O5. The van der Waals surface area contributed by atoms with Crippen LogP contribution < -0.4 is 10.6 Å². The maximum Gasteiger partial charge on any atom is 0.326 e. The summed E-state index contributed by atoms with van der Waals surface area (Å²) in [6.45, 7) is 2.64. The topological polar surface area (TPSA) is 105 Å². The van der Waals surface area contributed by atoms with E-state index in [9.17, 15) is 19.2 Å². The molecular weight excluding hydrogens is 266 g/mol. The molecule has 0 spiro atoms. The minimum absolute atomic E-state index is 0.439. The summed E-state index contributed by atoms with van der Waals surface area (Å²) in [4.78, 5) is 47.2. The van der Waals surface area contributed by atoms with Gasteiger partial charge in [0.05, 0.1) is 0 Å². The molecule has 1 fully saturated rings.